The van der Waals surface area contributed by atoms with Crippen molar-refractivity contribution in [2.45, 2.75) is 20.0 Å². The third-order valence-electron chi connectivity index (χ3n) is 4.19. The summed E-state index contributed by atoms with van der Waals surface area (Å²) >= 11 is 6.25. The Morgan fingerprint density at radius 1 is 1.27 bits per heavy atom. The Hall–Kier alpha value is -2.24. The Morgan fingerprint density at radius 2 is 2.00 bits per heavy atom. The SMILES string of the molecule is Cc1cc(C)c(NC(=O)CN(C)CC2COc3ccccc3O2)c(Cl)c1. The Morgan fingerprint density at radius 3 is 2.73 bits per heavy atom. The van der Waals surface area contributed by atoms with Crippen LogP contribution in [0.2, 0.25) is 5.02 Å². The molecule has 6 heteroatoms. The number of hydrogen-bond donors (Lipinski definition) is 1. The van der Waals surface area contributed by atoms with Crippen molar-refractivity contribution in [1.29, 1.82) is 0 Å². The van der Waals surface area contributed by atoms with Gasteiger partial charge in [0, 0.05) is 6.54 Å². The lowest BCUT2D eigenvalue weighted by molar-refractivity contribution is -0.117. The van der Waals surface area contributed by atoms with Crippen LogP contribution in [-0.4, -0.2) is 43.7 Å². The van der Waals surface area contributed by atoms with E-state index >= 15 is 0 Å². The van der Waals surface area contributed by atoms with E-state index in [0.29, 0.717) is 23.9 Å². The fraction of sp³-hybridized carbons (Fsp3) is 0.350. The first-order valence-electron chi connectivity index (χ1n) is 8.56. The second-order valence-corrected chi connectivity index (χ2v) is 7.09. The van der Waals surface area contributed by atoms with Crippen molar-refractivity contribution in [2.75, 3.05) is 32.1 Å². The molecule has 5 nitrogen and oxygen atoms in total. The Bertz CT molecular complexity index is 786. The molecule has 2 aromatic rings. The number of amides is 1. The average molecular weight is 375 g/mol. The molecule has 3 rings (SSSR count). The van der Waals surface area contributed by atoms with Crippen LogP contribution in [0.25, 0.3) is 0 Å². The Labute approximate surface area is 158 Å². The molecule has 138 valence electrons. The highest BCUT2D eigenvalue weighted by atomic mass is 35.5. The maximum atomic E-state index is 12.4. The van der Waals surface area contributed by atoms with E-state index in [1.807, 2.05) is 62.2 Å². The number of benzene rings is 2. The minimum absolute atomic E-state index is 0.113. The van der Waals surface area contributed by atoms with Gasteiger partial charge in [-0.2, -0.15) is 0 Å². The van der Waals surface area contributed by atoms with E-state index in [1.165, 1.54) is 0 Å². The number of fused-ring (bicyclic) bond motifs is 1. The van der Waals surface area contributed by atoms with Crippen molar-refractivity contribution in [3.63, 3.8) is 0 Å². The second-order valence-electron chi connectivity index (χ2n) is 6.68. The second kappa shape index (κ2) is 7.98. The van der Waals surface area contributed by atoms with E-state index in [1.54, 1.807) is 0 Å². The number of carbonyl (C=O) groups excluding carboxylic acids is 1. The van der Waals surface area contributed by atoms with Gasteiger partial charge in [0.1, 0.15) is 12.7 Å². The van der Waals surface area contributed by atoms with Crippen molar-refractivity contribution >= 4 is 23.2 Å². The lowest BCUT2D eigenvalue weighted by Gasteiger charge is -2.29. The zero-order valence-electron chi connectivity index (χ0n) is 15.2. The molecule has 26 heavy (non-hydrogen) atoms. The van der Waals surface area contributed by atoms with Crippen molar-refractivity contribution in [1.82, 2.24) is 4.90 Å². The van der Waals surface area contributed by atoms with Gasteiger partial charge < -0.3 is 14.8 Å². The molecule has 0 saturated heterocycles. The minimum Gasteiger partial charge on any atom is -0.486 e. The number of likely N-dealkylation sites (N-methyl/N-ethyl adjacent to an activating group) is 1. The van der Waals surface area contributed by atoms with Crippen LogP contribution in [0, 0.1) is 13.8 Å². The fourth-order valence-electron chi connectivity index (χ4n) is 3.06. The van der Waals surface area contributed by atoms with E-state index in [4.69, 9.17) is 21.1 Å². The van der Waals surface area contributed by atoms with Gasteiger partial charge in [-0.25, -0.2) is 0 Å². The highest BCUT2D eigenvalue weighted by Crippen LogP contribution is 2.31. The van der Waals surface area contributed by atoms with E-state index in [9.17, 15) is 4.79 Å². The van der Waals surface area contributed by atoms with Crippen molar-refractivity contribution in [3.8, 4) is 11.5 Å². The average Bonchev–Trinajstić information content (AvgIpc) is 2.58. The molecule has 1 aliphatic heterocycles. The third-order valence-corrected chi connectivity index (χ3v) is 4.49. The normalized spacial score (nSPS) is 15.8. The van der Waals surface area contributed by atoms with Gasteiger partial charge in [0.25, 0.3) is 0 Å². The maximum Gasteiger partial charge on any atom is 0.238 e. The summed E-state index contributed by atoms with van der Waals surface area (Å²) in [6.07, 6.45) is -0.118. The quantitative estimate of drug-likeness (QED) is 0.867. The summed E-state index contributed by atoms with van der Waals surface area (Å²) in [4.78, 5) is 14.3. The van der Waals surface area contributed by atoms with Crippen LogP contribution in [0.15, 0.2) is 36.4 Å². The van der Waals surface area contributed by atoms with Crippen LogP contribution >= 0.6 is 11.6 Å². The molecular formula is C20H23ClN2O3. The molecule has 1 unspecified atom stereocenters. The van der Waals surface area contributed by atoms with Crippen LogP contribution < -0.4 is 14.8 Å². The number of halogens is 1. The summed E-state index contributed by atoms with van der Waals surface area (Å²) in [6.45, 7) is 5.20. The molecular weight excluding hydrogens is 352 g/mol. The van der Waals surface area contributed by atoms with Crippen molar-refractivity contribution in [2.24, 2.45) is 0 Å². The van der Waals surface area contributed by atoms with Gasteiger partial charge in [-0.3, -0.25) is 9.69 Å². The highest BCUT2D eigenvalue weighted by molar-refractivity contribution is 6.34. The predicted molar refractivity (Wildman–Crippen MR) is 103 cm³/mol. The van der Waals surface area contributed by atoms with Gasteiger partial charge in [-0.05, 0) is 50.2 Å². The topological polar surface area (TPSA) is 50.8 Å². The first-order valence-corrected chi connectivity index (χ1v) is 8.94. The number of nitrogens with one attached hydrogen (secondary N) is 1. The van der Waals surface area contributed by atoms with E-state index in [2.05, 4.69) is 5.32 Å². The molecule has 0 spiro atoms. The largest absolute Gasteiger partial charge is 0.486 e. The molecule has 0 bridgehead atoms. The number of rotatable bonds is 5. The van der Waals surface area contributed by atoms with E-state index in [-0.39, 0.29) is 18.6 Å². The highest BCUT2D eigenvalue weighted by Gasteiger charge is 2.22. The number of anilines is 1. The summed E-state index contributed by atoms with van der Waals surface area (Å²) in [6, 6.07) is 11.4. The summed E-state index contributed by atoms with van der Waals surface area (Å²) < 4.78 is 11.6. The van der Waals surface area contributed by atoms with Crippen LogP contribution in [0.1, 0.15) is 11.1 Å². The lowest BCUT2D eigenvalue weighted by Crippen LogP contribution is -2.42. The van der Waals surface area contributed by atoms with Crippen molar-refractivity contribution in [3.05, 3.63) is 52.5 Å². The third kappa shape index (κ3) is 4.48. The monoisotopic (exact) mass is 374 g/mol. The van der Waals surface area contributed by atoms with Gasteiger partial charge in [-0.15, -0.1) is 0 Å². The zero-order chi connectivity index (χ0) is 18.7. The summed E-state index contributed by atoms with van der Waals surface area (Å²) in [5, 5.41) is 3.46. The molecule has 1 heterocycles. The summed E-state index contributed by atoms with van der Waals surface area (Å²) in [5.74, 6) is 1.38. The van der Waals surface area contributed by atoms with Gasteiger partial charge >= 0.3 is 0 Å². The van der Waals surface area contributed by atoms with Crippen LogP contribution in [0.5, 0.6) is 11.5 Å². The molecule has 1 amide bonds. The number of ether oxygens (including phenoxy) is 2. The molecule has 2 aromatic carbocycles. The number of aryl methyl sites for hydroxylation is 2. The maximum absolute atomic E-state index is 12.4. The molecule has 0 fully saturated rings. The first-order chi connectivity index (χ1) is 12.4. The van der Waals surface area contributed by atoms with Gasteiger partial charge in [-0.1, -0.05) is 29.8 Å². The van der Waals surface area contributed by atoms with Gasteiger partial charge in [0.05, 0.1) is 17.3 Å². The standard InChI is InChI=1S/C20H23ClN2O3/c1-13-8-14(2)20(16(21)9-13)22-19(24)11-23(3)10-15-12-25-17-6-4-5-7-18(17)26-15/h4-9,15H,10-12H2,1-3H3,(H,22,24). The van der Waals surface area contributed by atoms with Gasteiger partial charge in [0.15, 0.2) is 11.5 Å². The van der Waals surface area contributed by atoms with Crippen LogP contribution in [-0.2, 0) is 4.79 Å². The van der Waals surface area contributed by atoms with Crippen LogP contribution in [0.4, 0.5) is 5.69 Å². The van der Waals surface area contributed by atoms with E-state index < -0.39 is 0 Å². The molecule has 1 aliphatic rings. The molecule has 0 aromatic heterocycles. The van der Waals surface area contributed by atoms with Crippen LogP contribution in [0.3, 0.4) is 0 Å². The molecule has 0 aliphatic carbocycles. The smallest absolute Gasteiger partial charge is 0.238 e. The lowest BCUT2D eigenvalue weighted by atomic mass is 10.1. The number of para-hydroxylation sites is 2. The minimum atomic E-state index is -0.118. The fourth-order valence-corrected chi connectivity index (χ4v) is 3.43. The summed E-state index contributed by atoms with van der Waals surface area (Å²) in [7, 11) is 1.88. The Balaban J connectivity index is 1.54. The first kappa shape index (κ1) is 18.5. The number of nitrogens with zero attached hydrogens (tertiary/aromatic N) is 1. The number of hydrogen-bond acceptors (Lipinski definition) is 4. The number of carbonyl (C=O) groups is 1. The summed E-state index contributed by atoms with van der Waals surface area (Å²) in [5.41, 5.74) is 2.69. The molecule has 0 saturated carbocycles. The molecule has 1 atom stereocenters. The molecule has 1 N–H and O–H groups in total. The van der Waals surface area contributed by atoms with Crippen molar-refractivity contribution < 1.29 is 14.3 Å². The predicted octanol–water partition coefficient (Wildman–Crippen LogP) is 3.67. The van der Waals surface area contributed by atoms with E-state index in [0.717, 1.165) is 22.6 Å². The van der Waals surface area contributed by atoms with Gasteiger partial charge in [0.2, 0.25) is 5.91 Å². The molecule has 0 radical (unpaired) electrons. The Kier molecular flexibility index (Phi) is 5.69. The zero-order valence-corrected chi connectivity index (χ0v) is 16.0.